The fourth-order valence-electron chi connectivity index (χ4n) is 4.74. The summed E-state index contributed by atoms with van der Waals surface area (Å²) in [7, 11) is 5.86. The minimum Gasteiger partial charge on any atom is -0.545 e. The van der Waals surface area contributed by atoms with Crippen LogP contribution in [-0.2, 0) is 33.3 Å². The molecule has 306 valence electrons. The molecular weight excluding hydrogens is 682 g/mol. The number of carboxylic acids is 1. The molecule has 0 saturated carbocycles. The topological polar surface area (TPSA) is 111 Å². The molecule has 0 aromatic heterocycles. The third-order valence-corrected chi connectivity index (χ3v) is 7.87. The highest BCUT2D eigenvalue weighted by atomic mass is 16.7. The van der Waals surface area contributed by atoms with Gasteiger partial charge in [0.2, 0.25) is 0 Å². The van der Waals surface area contributed by atoms with Crippen LogP contribution in [0, 0.1) is 0 Å². The van der Waals surface area contributed by atoms with Crippen molar-refractivity contribution in [3.63, 3.8) is 0 Å². The second-order valence-corrected chi connectivity index (χ2v) is 14.2. The van der Waals surface area contributed by atoms with Gasteiger partial charge >= 0.3 is 11.9 Å². The summed E-state index contributed by atoms with van der Waals surface area (Å²) in [4.78, 5) is 36.7. The van der Waals surface area contributed by atoms with Crippen LogP contribution < -0.4 is 5.11 Å². The first kappa shape index (κ1) is 50.5. The quantitative estimate of drug-likeness (QED) is 0.0208. The number of rotatable bonds is 35. The molecule has 0 aromatic rings. The standard InChI is InChI=1S/C45H73NO8/c1-6-8-10-12-14-16-18-19-20-21-22-23-24-25-26-28-30-32-34-36-43(48)54-41(40-53-45(44(49)50)51-38-37-46(3,4)5)39-52-42(47)35-33-31-29-27-17-15-13-11-9-7-2/h8,10-11,13-14,16,19-20,22-23,25-26,30,32,41,45H,6-7,9,12,15,17-18,21,24,27-29,31,33-40H2,1-5H3/b10-8-,13-11-,16-14-,20-19-,23-22-,26-25-,32-30-. The highest BCUT2D eigenvalue weighted by Gasteiger charge is 2.21. The van der Waals surface area contributed by atoms with E-state index in [1.165, 1.54) is 6.42 Å². The Morgan fingerprint density at radius 3 is 1.65 bits per heavy atom. The van der Waals surface area contributed by atoms with Gasteiger partial charge in [-0.2, -0.15) is 0 Å². The molecule has 54 heavy (non-hydrogen) atoms. The molecule has 0 N–H and O–H groups in total. The number of hydrogen-bond donors (Lipinski definition) is 0. The number of carbonyl (C=O) groups excluding carboxylic acids is 3. The zero-order valence-electron chi connectivity index (χ0n) is 34.3. The maximum atomic E-state index is 12.7. The van der Waals surface area contributed by atoms with Crippen LogP contribution in [0.4, 0.5) is 0 Å². The van der Waals surface area contributed by atoms with E-state index in [0.717, 1.165) is 77.0 Å². The number of allylic oxidation sites excluding steroid dienone is 14. The molecule has 0 saturated heterocycles. The van der Waals surface area contributed by atoms with Gasteiger partial charge in [0.15, 0.2) is 12.4 Å². The first-order chi connectivity index (χ1) is 26.1. The lowest BCUT2D eigenvalue weighted by atomic mass is 10.1. The number of ether oxygens (including phenoxy) is 4. The van der Waals surface area contributed by atoms with Crippen molar-refractivity contribution in [2.24, 2.45) is 0 Å². The van der Waals surface area contributed by atoms with Crippen molar-refractivity contribution in [2.45, 2.75) is 135 Å². The van der Waals surface area contributed by atoms with E-state index >= 15 is 0 Å². The van der Waals surface area contributed by atoms with Crippen molar-refractivity contribution in [1.29, 1.82) is 0 Å². The van der Waals surface area contributed by atoms with E-state index < -0.39 is 30.3 Å². The molecule has 2 atom stereocenters. The van der Waals surface area contributed by atoms with Crippen molar-refractivity contribution < 1.29 is 42.9 Å². The number of quaternary nitrogens is 1. The summed E-state index contributed by atoms with van der Waals surface area (Å²) < 4.78 is 22.3. The zero-order valence-corrected chi connectivity index (χ0v) is 34.3. The molecule has 9 nitrogen and oxygen atoms in total. The van der Waals surface area contributed by atoms with Crippen LogP contribution in [0.15, 0.2) is 85.1 Å². The Bertz CT molecular complexity index is 1160. The van der Waals surface area contributed by atoms with Gasteiger partial charge in [-0.1, -0.05) is 125 Å². The van der Waals surface area contributed by atoms with Crippen molar-refractivity contribution in [3.8, 4) is 0 Å². The molecule has 2 unspecified atom stereocenters. The molecule has 0 spiro atoms. The molecule has 0 heterocycles. The normalized spacial score (nSPS) is 13.9. The van der Waals surface area contributed by atoms with Gasteiger partial charge in [-0.3, -0.25) is 9.59 Å². The van der Waals surface area contributed by atoms with Gasteiger partial charge < -0.3 is 33.3 Å². The summed E-state index contributed by atoms with van der Waals surface area (Å²) in [6.07, 6.45) is 42.1. The van der Waals surface area contributed by atoms with E-state index in [-0.39, 0.29) is 32.7 Å². The van der Waals surface area contributed by atoms with Gasteiger partial charge in [0.05, 0.1) is 40.3 Å². The van der Waals surface area contributed by atoms with Crippen LogP contribution >= 0.6 is 0 Å². The summed E-state index contributed by atoms with van der Waals surface area (Å²) in [5.74, 6) is -2.43. The lowest BCUT2D eigenvalue weighted by Gasteiger charge is -2.26. The average Bonchev–Trinajstić information content (AvgIpc) is 3.12. The predicted molar refractivity (Wildman–Crippen MR) is 218 cm³/mol. The molecule has 0 rings (SSSR count). The van der Waals surface area contributed by atoms with E-state index in [1.54, 1.807) is 0 Å². The van der Waals surface area contributed by atoms with Crippen LogP contribution in [0.3, 0.4) is 0 Å². The Morgan fingerprint density at radius 1 is 0.574 bits per heavy atom. The minimum absolute atomic E-state index is 0.116. The van der Waals surface area contributed by atoms with Crippen molar-refractivity contribution in [3.05, 3.63) is 85.1 Å². The Kier molecular flexibility index (Phi) is 34.1. The number of unbranched alkanes of at least 4 members (excludes halogenated alkanes) is 6. The number of hydrogen-bond acceptors (Lipinski definition) is 8. The van der Waals surface area contributed by atoms with Gasteiger partial charge in [0.25, 0.3) is 0 Å². The molecule has 0 fully saturated rings. The second-order valence-electron chi connectivity index (χ2n) is 14.2. The third kappa shape index (κ3) is 36.8. The van der Waals surface area contributed by atoms with E-state index in [1.807, 2.05) is 33.3 Å². The number of esters is 2. The number of aliphatic carboxylic acids is 1. The first-order valence-electron chi connectivity index (χ1n) is 20.2. The van der Waals surface area contributed by atoms with E-state index in [2.05, 4.69) is 86.8 Å². The van der Waals surface area contributed by atoms with E-state index in [9.17, 15) is 19.5 Å². The van der Waals surface area contributed by atoms with Crippen LogP contribution in [-0.4, -0.2) is 82.3 Å². The van der Waals surface area contributed by atoms with E-state index in [0.29, 0.717) is 23.9 Å². The Labute approximate surface area is 328 Å². The van der Waals surface area contributed by atoms with Gasteiger partial charge in [-0.15, -0.1) is 0 Å². The maximum absolute atomic E-state index is 12.7. The van der Waals surface area contributed by atoms with Crippen LogP contribution in [0.5, 0.6) is 0 Å². The average molecular weight is 756 g/mol. The summed E-state index contributed by atoms with van der Waals surface area (Å²) in [6.45, 7) is 4.42. The summed E-state index contributed by atoms with van der Waals surface area (Å²) in [5.41, 5.74) is 0. The van der Waals surface area contributed by atoms with Gasteiger partial charge in [0.1, 0.15) is 13.2 Å². The first-order valence-corrected chi connectivity index (χ1v) is 20.2. The van der Waals surface area contributed by atoms with Gasteiger partial charge in [-0.25, -0.2) is 0 Å². The highest BCUT2D eigenvalue weighted by Crippen LogP contribution is 2.10. The molecule has 0 radical (unpaired) electrons. The smallest absolute Gasteiger partial charge is 0.306 e. The number of carboxylic acid groups (broad SMARTS) is 1. The van der Waals surface area contributed by atoms with E-state index in [4.69, 9.17) is 18.9 Å². The van der Waals surface area contributed by atoms with Crippen LogP contribution in [0.2, 0.25) is 0 Å². The minimum atomic E-state index is -1.64. The number of likely N-dealkylation sites (N-methyl/N-ethyl adjacent to an activating group) is 1. The molecular formula is C45H73NO8. The molecule has 0 amide bonds. The van der Waals surface area contributed by atoms with Gasteiger partial charge in [-0.05, 0) is 70.6 Å². The zero-order chi connectivity index (χ0) is 40.0. The van der Waals surface area contributed by atoms with Crippen LogP contribution in [0.25, 0.3) is 0 Å². The fraction of sp³-hybridized carbons (Fsp3) is 0.622. The second kappa shape index (κ2) is 36.4. The Hall–Kier alpha value is -3.53. The Morgan fingerprint density at radius 2 is 1.09 bits per heavy atom. The van der Waals surface area contributed by atoms with Crippen molar-refractivity contribution >= 4 is 17.9 Å². The maximum Gasteiger partial charge on any atom is 0.306 e. The molecule has 0 aliphatic heterocycles. The summed E-state index contributed by atoms with van der Waals surface area (Å²) >= 11 is 0. The molecule has 0 aliphatic carbocycles. The Balaban J connectivity index is 4.65. The van der Waals surface area contributed by atoms with Gasteiger partial charge in [0, 0.05) is 12.8 Å². The van der Waals surface area contributed by atoms with Crippen molar-refractivity contribution in [2.75, 3.05) is 47.5 Å². The predicted octanol–water partition coefficient (Wildman–Crippen LogP) is 8.82. The highest BCUT2D eigenvalue weighted by molar-refractivity contribution is 5.70. The van der Waals surface area contributed by atoms with Crippen LogP contribution in [0.1, 0.15) is 123 Å². The number of nitrogens with zero attached hydrogens (tertiary/aromatic N) is 1. The molecule has 9 heteroatoms. The lowest BCUT2D eigenvalue weighted by Crippen LogP contribution is -2.44. The summed E-state index contributed by atoms with van der Waals surface area (Å²) in [5, 5.41) is 11.6. The monoisotopic (exact) mass is 756 g/mol. The molecule has 0 aromatic carbocycles. The largest absolute Gasteiger partial charge is 0.545 e. The number of carbonyl (C=O) groups is 3. The lowest BCUT2D eigenvalue weighted by molar-refractivity contribution is -0.870. The molecule has 0 bridgehead atoms. The SMILES string of the molecule is CC/C=C\C/C=C\C/C=C\C/C=C\C/C=C\C/C=C\CCC(=O)OC(COC(=O)CCCCCCC/C=C\CCC)COC(OCC[N+](C)(C)C)C(=O)[O-]. The third-order valence-electron chi connectivity index (χ3n) is 7.87. The summed E-state index contributed by atoms with van der Waals surface area (Å²) in [6, 6.07) is 0. The van der Waals surface area contributed by atoms with Crippen molar-refractivity contribution in [1.82, 2.24) is 0 Å². The molecule has 0 aliphatic rings. The fourth-order valence-corrected chi connectivity index (χ4v) is 4.74.